The number of hydrogen-bond acceptors (Lipinski definition) is 3. The minimum Gasteiger partial charge on any atom is -0.492 e. The Morgan fingerprint density at radius 3 is 2.58 bits per heavy atom. The molecule has 0 saturated heterocycles. The van der Waals surface area contributed by atoms with E-state index in [-0.39, 0.29) is 12.3 Å². The number of amides is 2. The van der Waals surface area contributed by atoms with Gasteiger partial charge in [0.2, 0.25) is 11.8 Å². The molecule has 0 bridgehead atoms. The molecule has 0 radical (unpaired) electrons. The minimum absolute atomic E-state index is 0.269. The summed E-state index contributed by atoms with van der Waals surface area (Å²) in [7, 11) is 0. The number of carbonyl (C=O) groups excluding carboxylic acids is 2. The summed E-state index contributed by atoms with van der Waals surface area (Å²) >= 11 is 11.9. The number of carbonyl (C=O) groups is 2. The Labute approximate surface area is 162 Å². The fourth-order valence-corrected chi connectivity index (χ4v) is 2.82. The predicted molar refractivity (Wildman–Crippen MR) is 104 cm³/mol. The van der Waals surface area contributed by atoms with Gasteiger partial charge in [0.1, 0.15) is 12.2 Å². The van der Waals surface area contributed by atoms with Gasteiger partial charge in [-0.25, -0.2) is 0 Å². The number of benzene rings is 2. The second-order valence-corrected chi connectivity index (χ2v) is 6.33. The highest BCUT2D eigenvalue weighted by molar-refractivity contribution is 6.35. The molecule has 0 aromatic heterocycles. The van der Waals surface area contributed by atoms with E-state index < -0.39 is 5.91 Å². The summed E-state index contributed by atoms with van der Waals surface area (Å²) in [5.74, 6) is -0.193. The van der Waals surface area contributed by atoms with Gasteiger partial charge in [0.15, 0.2) is 0 Å². The van der Waals surface area contributed by atoms with E-state index in [0.29, 0.717) is 41.1 Å². The fourth-order valence-electron chi connectivity index (χ4n) is 2.32. The molecule has 2 rings (SSSR count). The minimum atomic E-state index is -0.404. The zero-order valence-corrected chi connectivity index (χ0v) is 15.9. The number of para-hydroxylation sites is 2. The molecule has 0 unspecified atom stereocenters. The maximum Gasteiger partial charge on any atom is 0.233 e. The summed E-state index contributed by atoms with van der Waals surface area (Å²) in [6, 6.07) is 12.3. The van der Waals surface area contributed by atoms with Crippen LogP contribution in [0.15, 0.2) is 42.5 Å². The first kappa shape index (κ1) is 20.1. The molecular formula is C19H20Cl2N2O3. The molecule has 138 valence electrons. The second-order valence-electron chi connectivity index (χ2n) is 5.49. The van der Waals surface area contributed by atoms with Crippen LogP contribution in [0.3, 0.4) is 0 Å². The largest absolute Gasteiger partial charge is 0.492 e. The van der Waals surface area contributed by atoms with Crippen LogP contribution in [0.4, 0.5) is 5.69 Å². The van der Waals surface area contributed by atoms with Gasteiger partial charge < -0.3 is 15.4 Å². The first-order chi connectivity index (χ1) is 12.5. The number of anilines is 1. The van der Waals surface area contributed by atoms with Gasteiger partial charge in [-0.05, 0) is 43.2 Å². The van der Waals surface area contributed by atoms with E-state index in [0.717, 1.165) is 5.56 Å². The van der Waals surface area contributed by atoms with Crippen molar-refractivity contribution in [2.75, 3.05) is 18.5 Å². The zero-order valence-electron chi connectivity index (χ0n) is 14.4. The lowest BCUT2D eigenvalue weighted by molar-refractivity contribution is -0.126. The van der Waals surface area contributed by atoms with E-state index in [1.165, 1.54) is 0 Å². The number of nitrogens with one attached hydrogen (secondary N) is 2. The third kappa shape index (κ3) is 6.24. The Morgan fingerprint density at radius 2 is 1.85 bits per heavy atom. The van der Waals surface area contributed by atoms with Crippen LogP contribution >= 0.6 is 23.2 Å². The molecule has 2 aromatic carbocycles. The summed E-state index contributed by atoms with van der Waals surface area (Å²) in [5, 5.41) is 6.51. The van der Waals surface area contributed by atoms with Crippen molar-refractivity contribution in [2.24, 2.45) is 0 Å². The van der Waals surface area contributed by atoms with Gasteiger partial charge in [0.25, 0.3) is 0 Å². The molecule has 0 aliphatic rings. The number of rotatable bonds is 8. The highest BCUT2D eigenvalue weighted by Gasteiger charge is 2.12. The average molecular weight is 395 g/mol. The summed E-state index contributed by atoms with van der Waals surface area (Å²) < 4.78 is 5.44. The summed E-state index contributed by atoms with van der Waals surface area (Å²) in [6.45, 7) is 2.72. The van der Waals surface area contributed by atoms with Crippen LogP contribution in [0.25, 0.3) is 0 Å². The molecule has 0 saturated carbocycles. The summed E-state index contributed by atoms with van der Waals surface area (Å²) in [6.07, 6.45) is 0.283. The van der Waals surface area contributed by atoms with Crippen LogP contribution < -0.4 is 15.4 Å². The highest BCUT2D eigenvalue weighted by atomic mass is 35.5. The molecule has 0 fully saturated rings. The molecule has 26 heavy (non-hydrogen) atoms. The molecule has 0 aliphatic heterocycles. The first-order valence-corrected chi connectivity index (χ1v) is 8.97. The van der Waals surface area contributed by atoms with Gasteiger partial charge in [-0.3, -0.25) is 9.59 Å². The Balaban J connectivity index is 1.79. The van der Waals surface area contributed by atoms with Crippen molar-refractivity contribution in [3.63, 3.8) is 0 Å². The Hall–Kier alpha value is -2.24. The summed E-state index contributed by atoms with van der Waals surface area (Å²) in [5.41, 5.74) is 1.42. The standard InChI is InChI=1S/C19H20Cl2N2O3/c1-2-26-17-6-4-3-5-16(17)23-19(25)12-18(24)22-10-9-13-7-8-14(20)11-15(13)21/h3-8,11H,2,9-10,12H2,1H3,(H,22,24)(H,23,25). The quantitative estimate of drug-likeness (QED) is 0.662. The SMILES string of the molecule is CCOc1ccccc1NC(=O)CC(=O)NCCc1ccc(Cl)cc1Cl. The molecule has 2 N–H and O–H groups in total. The summed E-state index contributed by atoms with van der Waals surface area (Å²) in [4.78, 5) is 24.0. The molecule has 0 spiro atoms. The van der Waals surface area contributed by atoms with Gasteiger partial charge in [0, 0.05) is 16.6 Å². The van der Waals surface area contributed by atoms with Crippen molar-refractivity contribution in [2.45, 2.75) is 19.8 Å². The number of halogens is 2. The van der Waals surface area contributed by atoms with E-state index in [9.17, 15) is 9.59 Å². The Bertz CT molecular complexity index is 781. The lowest BCUT2D eigenvalue weighted by Crippen LogP contribution is -2.29. The Kier molecular flexibility index (Phi) is 7.75. The molecule has 0 heterocycles. The maximum atomic E-state index is 12.0. The molecule has 0 aliphatic carbocycles. The number of ether oxygens (including phenoxy) is 1. The smallest absolute Gasteiger partial charge is 0.233 e. The van der Waals surface area contributed by atoms with Crippen molar-refractivity contribution in [3.8, 4) is 5.75 Å². The van der Waals surface area contributed by atoms with Crippen LogP contribution in [-0.4, -0.2) is 25.0 Å². The lowest BCUT2D eigenvalue weighted by atomic mass is 10.1. The van der Waals surface area contributed by atoms with Gasteiger partial charge >= 0.3 is 0 Å². The van der Waals surface area contributed by atoms with Crippen LogP contribution in [0, 0.1) is 0 Å². The van der Waals surface area contributed by atoms with Crippen LogP contribution in [0.2, 0.25) is 10.0 Å². The first-order valence-electron chi connectivity index (χ1n) is 8.22. The zero-order chi connectivity index (χ0) is 18.9. The third-order valence-corrected chi connectivity index (χ3v) is 4.10. The van der Waals surface area contributed by atoms with E-state index in [2.05, 4.69) is 10.6 Å². The van der Waals surface area contributed by atoms with Gasteiger partial charge in [-0.15, -0.1) is 0 Å². The van der Waals surface area contributed by atoms with Gasteiger partial charge in [-0.1, -0.05) is 41.4 Å². The van der Waals surface area contributed by atoms with Crippen molar-refractivity contribution in [1.29, 1.82) is 0 Å². The maximum absolute atomic E-state index is 12.0. The van der Waals surface area contributed by atoms with E-state index in [4.69, 9.17) is 27.9 Å². The average Bonchev–Trinajstić information content (AvgIpc) is 2.58. The topological polar surface area (TPSA) is 67.4 Å². The van der Waals surface area contributed by atoms with Crippen molar-refractivity contribution < 1.29 is 14.3 Å². The van der Waals surface area contributed by atoms with Crippen LogP contribution in [0.1, 0.15) is 18.9 Å². The molecule has 0 atom stereocenters. The normalized spacial score (nSPS) is 10.3. The van der Waals surface area contributed by atoms with Gasteiger partial charge in [-0.2, -0.15) is 0 Å². The molecular weight excluding hydrogens is 375 g/mol. The molecule has 5 nitrogen and oxygen atoms in total. The fraction of sp³-hybridized carbons (Fsp3) is 0.263. The third-order valence-electron chi connectivity index (χ3n) is 3.51. The predicted octanol–water partition coefficient (Wildman–Crippen LogP) is 4.08. The Morgan fingerprint density at radius 1 is 1.08 bits per heavy atom. The van der Waals surface area contributed by atoms with Crippen molar-refractivity contribution in [3.05, 3.63) is 58.1 Å². The molecule has 7 heteroatoms. The van der Waals surface area contributed by atoms with Gasteiger partial charge in [0.05, 0.1) is 12.3 Å². The van der Waals surface area contributed by atoms with Crippen LogP contribution in [0.5, 0.6) is 5.75 Å². The lowest BCUT2D eigenvalue weighted by Gasteiger charge is -2.11. The van der Waals surface area contributed by atoms with Crippen molar-refractivity contribution >= 4 is 40.7 Å². The number of hydrogen-bond donors (Lipinski definition) is 2. The van der Waals surface area contributed by atoms with Crippen LogP contribution in [-0.2, 0) is 16.0 Å². The second kappa shape index (κ2) is 10.0. The van der Waals surface area contributed by atoms with Crippen molar-refractivity contribution in [1.82, 2.24) is 5.32 Å². The van der Waals surface area contributed by atoms with E-state index in [1.807, 2.05) is 19.1 Å². The van der Waals surface area contributed by atoms with E-state index >= 15 is 0 Å². The monoisotopic (exact) mass is 394 g/mol. The van der Waals surface area contributed by atoms with E-state index in [1.54, 1.807) is 30.3 Å². The highest BCUT2D eigenvalue weighted by Crippen LogP contribution is 2.24. The molecule has 2 amide bonds. The molecule has 2 aromatic rings.